The van der Waals surface area contributed by atoms with Crippen LogP contribution in [0.4, 0.5) is 0 Å². The van der Waals surface area contributed by atoms with E-state index >= 15 is 0 Å². The van der Waals surface area contributed by atoms with Crippen molar-refractivity contribution >= 4 is 0 Å². The number of unbranched alkanes of at least 4 members (excludes halogenated alkanes) is 2. The lowest BCUT2D eigenvalue weighted by Gasteiger charge is -2.25. The van der Waals surface area contributed by atoms with Crippen molar-refractivity contribution in [3.05, 3.63) is 0 Å². The molecule has 0 spiro atoms. The highest BCUT2D eigenvalue weighted by Gasteiger charge is 2.28. The molecular formula is C13H26N2. The second-order valence-electron chi connectivity index (χ2n) is 5.19. The highest BCUT2D eigenvalue weighted by molar-refractivity contribution is 4.84. The number of fused-ring (bicyclic) bond motifs is 1. The molecule has 0 aliphatic carbocycles. The van der Waals surface area contributed by atoms with E-state index in [1.165, 1.54) is 71.2 Å². The summed E-state index contributed by atoms with van der Waals surface area (Å²) in [6, 6.07) is 0.897. The molecule has 2 aliphatic rings. The van der Waals surface area contributed by atoms with Crippen LogP contribution in [0.2, 0.25) is 0 Å². The third-order valence-corrected chi connectivity index (χ3v) is 3.97. The van der Waals surface area contributed by atoms with Crippen molar-refractivity contribution in [2.45, 2.75) is 51.5 Å². The van der Waals surface area contributed by atoms with Crippen molar-refractivity contribution in [1.82, 2.24) is 9.80 Å². The van der Waals surface area contributed by atoms with Crippen LogP contribution < -0.4 is 0 Å². The number of nitrogens with zero attached hydrogens (tertiary/aromatic N) is 2. The van der Waals surface area contributed by atoms with Gasteiger partial charge in [0.2, 0.25) is 0 Å². The fraction of sp³-hybridized carbons (Fsp3) is 1.00. The molecule has 15 heavy (non-hydrogen) atoms. The van der Waals surface area contributed by atoms with E-state index < -0.39 is 0 Å². The predicted molar refractivity (Wildman–Crippen MR) is 65.2 cm³/mol. The van der Waals surface area contributed by atoms with Gasteiger partial charge in [-0.2, -0.15) is 0 Å². The predicted octanol–water partition coefficient (Wildman–Crippen LogP) is 2.35. The summed E-state index contributed by atoms with van der Waals surface area (Å²) in [5, 5.41) is 0. The summed E-state index contributed by atoms with van der Waals surface area (Å²) >= 11 is 0. The van der Waals surface area contributed by atoms with Crippen molar-refractivity contribution in [3.8, 4) is 0 Å². The van der Waals surface area contributed by atoms with Gasteiger partial charge < -0.3 is 4.90 Å². The van der Waals surface area contributed by atoms with E-state index in [2.05, 4.69) is 16.7 Å². The van der Waals surface area contributed by atoms with E-state index in [9.17, 15) is 0 Å². The van der Waals surface area contributed by atoms with Crippen LogP contribution in [0, 0.1) is 0 Å². The average Bonchev–Trinajstić information content (AvgIpc) is 2.58. The number of hydrogen-bond acceptors (Lipinski definition) is 2. The topological polar surface area (TPSA) is 6.48 Å². The molecule has 2 aliphatic heterocycles. The third kappa shape index (κ3) is 3.18. The Morgan fingerprint density at radius 2 is 1.93 bits per heavy atom. The zero-order valence-corrected chi connectivity index (χ0v) is 10.2. The van der Waals surface area contributed by atoms with Crippen LogP contribution in [0.25, 0.3) is 0 Å². The normalized spacial score (nSPS) is 29.0. The Morgan fingerprint density at radius 1 is 1.07 bits per heavy atom. The summed E-state index contributed by atoms with van der Waals surface area (Å²) in [6.45, 7) is 9.06. The molecule has 0 N–H and O–H groups in total. The molecule has 1 atom stereocenters. The molecule has 0 amide bonds. The van der Waals surface area contributed by atoms with Crippen molar-refractivity contribution in [2.75, 3.05) is 32.7 Å². The average molecular weight is 210 g/mol. The maximum Gasteiger partial charge on any atom is 0.0223 e. The molecule has 0 aromatic carbocycles. The quantitative estimate of drug-likeness (QED) is 0.657. The molecule has 2 heterocycles. The van der Waals surface area contributed by atoms with Gasteiger partial charge in [-0.25, -0.2) is 0 Å². The molecule has 2 rings (SSSR count). The lowest BCUT2D eigenvalue weighted by Crippen LogP contribution is -2.36. The lowest BCUT2D eigenvalue weighted by atomic mass is 10.2. The van der Waals surface area contributed by atoms with Crippen LogP contribution in [0.3, 0.4) is 0 Å². The van der Waals surface area contributed by atoms with Gasteiger partial charge in [-0.05, 0) is 51.9 Å². The molecule has 2 fully saturated rings. The van der Waals surface area contributed by atoms with Crippen LogP contribution in [-0.4, -0.2) is 48.6 Å². The highest BCUT2D eigenvalue weighted by Crippen LogP contribution is 2.21. The lowest BCUT2D eigenvalue weighted by molar-refractivity contribution is 0.218. The molecule has 2 nitrogen and oxygen atoms in total. The SMILES string of the molecule is CCCCCN1CCCN2CCCC2C1. The van der Waals surface area contributed by atoms with Gasteiger partial charge in [0.15, 0.2) is 0 Å². The smallest absolute Gasteiger partial charge is 0.0223 e. The Morgan fingerprint density at radius 3 is 2.80 bits per heavy atom. The van der Waals surface area contributed by atoms with Gasteiger partial charge in [-0.3, -0.25) is 4.90 Å². The van der Waals surface area contributed by atoms with Crippen molar-refractivity contribution < 1.29 is 0 Å². The van der Waals surface area contributed by atoms with Crippen molar-refractivity contribution in [2.24, 2.45) is 0 Å². The summed E-state index contributed by atoms with van der Waals surface area (Å²) in [6.07, 6.45) is 8.44. The largest absolute Gasteiger partial charge is 0.302 e. The second-order valence-corrected chi connectivity index (χ2v) is 5.19. The van der Waals surface area contributed by atoms with Gasteiger partial charge >= 0.3 is 0 Å². The molecule has 0 aromatic rings. The summed E-state index contributed by atoms with van der Waals surface area (Å²) in [5.74, 6) is 0. The maximum atomic E-state index is 2.72. The van der Waals surface area contributed by atoms with Gasteiger partial charge in [-0.15, -0.1) is 0 Å². The molecule has 2 heteroatoms. The summed E-state index contributed by atoms with van der Waals surface area (Å²) < 4.78 is 0. The summed E-state index contributed by atoms with van der Waals surface area (Å²) in [5.41, 5.74) is 0. The Hall–Kier alpha value is -0.0800. The number of hydrogen-bond donors (Lipinski definition) is 0. The van der Waals surface area contributed by atoms with Crippen LogP contribution in [0.15, 0.2) is 0 Å². The first-order valence-corrected chi connectivity index (χ1v) is 6.86. The second kappa shape index (κ2) is 5.86. The van der Waals surface area contributed by atoms with E-state index in [0.717, 1.165) is 6.04 Å². The van der Waals surface area contributed by atoms with E-state index in [-0.39, 0.29) is 0 Å². The van der Waals surface area contributed by atoms with Crippen molar-refractivity contribution in [1.29, 1.82) is 0 Å². The molecule has 0 radical (unpaired) electrons. The molecule has 0 aromatic heterocycles. The van der Waals surface area contributed by atoms with Gasteiger partial charge in [0.1, 0.15) is 0 Å². The third-order valence-electron chi connectivity index (χ3n) is 3.97. The maximum absolute atomic E-state index is 2.72. The molecule has 2 saturated heterocycles. The van der Waals surface area contributed by atoms with E-state index in [4.69, 9.17) is 0 Å². The first-order chi connectivity index (χ1) is 7.40. The van der Waals surface area contributed by atoms with Crippen LogP contribution >= 0.6 is 0 Å². The first-order valence-electron chi connectivity index (χ1n) is 6.86. The van der Waals surface area contributed by atoms with Crippen LogP contribution in [-0.2, 0) is 0 Å². The van der Waals surface area contributed by atoms with Gasteiger partial charge in [-0.1, -0.05) is 19.8 Å². The van der Waals surface area contributed by atoms with Crippen LogP contribution in [0.5, 0.6) is 0 Å². The van der Waals surface area contributed by atoms with E-state index in [1.54, 1.807) is 0 Å². The minimum Gasteiger partial charge on any atom is -0.302 e. The molecule has 0 saturated carbocycles. The Balaban J connectivity index is 1.75. The van der Waals surface area contributed by atoms with Crippen LogP contribution in [0.1, 0.15) is 45.4 Å². The minimum atomic E-state index is 0.897. The van der Waals surface area contributed by atoms with E-state index in [0.29, 0.717) is 0 Å². The number of rotatable bonds is 4. The molecule has 1 unspecified atom stereocenters. The van der Waals surface area contributed by atoms with Gasteiger partial charge in [0, 0.05) is 12.6 Å². The van der Waals surface area contributed by atoms with Gasteiger partial charge in [0.05, 0.1) is 0 Å². The molecule has 0 bridgehead atoms. The fourth-order valence-electron chi connectivity index (χ4n) is 3.07. The monoisotopic (exact) mass is 210 g/mol. The minimum absolute atomic E-state index is 0.897. The zero-order chi connectivity index (χ0) is 10.5. The molecule has 88 valence electrons. The Kier molecular flexibility index (Phi) is 4.45. The summed E-state index contributed by atoms with van der Waals surface area (Å²) in [4.78, 5) is 5.44. The Bertz CT molecular complexity index is 181. The summed E-state index contributed by atoms with van der Waals surface area (Å²) in [7, 11) is 0. The Labute approximate surface area is 94.6 Å². The molecular weight excluding hydrogens is 184 g/mol. The zero-order valence-electron chi connectivity index (χ0n) is 10.2. The fourth-order valence-corrected chi connectivity index (χ4v) is 3.07. The standard InChI is InChI=1S/C13H26N2/c1-2-3-4-8-14-9-6-11-15-10-5-7-13(15)12-14/h13H,2-12H2,1H3. The van der Waals surface area contributed by atoms with Crippen molar-refractivity contribution in [3.63, 3.8) is 0 Å². The van der Waals surface area contributed by atoms with Gasteiger partial charge in [0.25, 0.3) is 0 Å². The highest BCUT2D eigenvalue weighted by atomic mass is 15.3. The first kappa shape index (κ1) is 11.4. The van der Waals surface area contributed by atoms with E-state index in [1.807, 2.05) is 0 Å².